The standard InChI is InChI=1S/C17H28/c1-3-5-13-17(12-4-2)14-8-10-15-9-6-7-11-16(15)17/h9,11H,3-8,10,12-14H2,1-2H3. The maximum Gasteiger partial charge on any atom is -0.00475 e. The van der Waals surface area contributed by atoms with Crippen molar-refractivity contribution in [1.29, 1.82) is 0 Å². The van der Waals surface area contributed by atoms with E-state index < -0.39 is 0 Å². The summed E-state index contributed by atoms with van der Waals surface area (Å²) in [5.74, 6) is 0. The zero-order valence-corrected chi connectivity index (χ0v) is 11.7. The minimum atomic E-state index is 0.565. The third-order valence-electron chi connectivity index (χ3n) is 4.66. The molecule has 0 bridgehead atoms. The van der Waals surface area contributed by atoms with Gasteiger partial charge in [-0.1, -0.05) is 45.3 Å². The van der Waals surface area contributed by atoms with Crippen molar-refractivity contribution in [2.75, 3.05) is 0 Å². The van der Waals surface area contributed by atoms with Crippen LogP contribution < -0.4 is 0 Å². The van der Waals surface area contributed by atoms with Gasteiger partial charge in [-0.25, -0.2) is 0 Å². The smallest absolute Gasteiger partial charge is 0.00475 e. The molecule has 0 heterocycles. The van der Waals surface area contributed by atoms with E-state index in [-0.39, 0.29) is 0 Å². The lowest BCUT2D eigenvalue weighted by Crippen LogP contribution is -2.29. The van der Waals surface area contributed by atoms with Gasteiger partial charge in [0.1, 0.15) is 0 Å². The molecule has 0 aromatic rings. The Morgan fingerprint density at radius 2 is 1.88 bits per heavy atom. The average Bonchev–Trinajstić information content (AvgIpc) is 2.37. The summed E-state index contributed by atoms with van der Waals surface area (Å²) in [5, 5.41) is 0. The molecule has 1 atom stereocenters. The summed E-state index contributed by atoms with van der Waals surface area (Å²) < 4.78 is 0. The Bertz CT molecular complexity index is 304. The highest BCUT2D eigenvalue weighted by Gasteiger charge is 2.37. The van der Waals surface area contributed by atoms with Gasteiger partial charge in [0.15, 0.2) is 0 Å². The van der Waals surface area contributed by atoms with Gasteiger partial charge in [0.2, 0.25) is 0 Å². The van der Waals surface area contributed by atoms with Crippen LogP contribution in [0.15, 0.2) is 23.3 Å². The van der Waals surface area contributed by atoms with E-state index in [4.69, 9.17) is 0 Å². The minimum Gasteiger partial charge on any atom is -0.0807 e. The summed E-state index contributed by atoms with van der Waals surface area (Å²) in [6.07, 6.45) is 18.9. The molecule has 0 aromatic carbocycles. The normalized spacial score (nSPS) is 28.4. The van der Waals surface area contributed by atoms with Crippen molar-refractivity contribution >= 4 is 0 Å². The summed E-state index contributed by atoms with van der Waals surface area (Å²) in [6.45, 7) is 4.68. The highest BCUT2D eigenvalue weighted by atomic mass is 14.4. The highest BCUT2D eigenvalue weighted by Crippen LogP contribution is 2.51. The molecular formula is C17H28. The summed E-state index contributed by atoms with van der Waals surface area (Å²) in [7, 11) is 0. The van der Waals surface area contributed by atoms with Crippen LogP contribution in [0.2, 0.25) is 0 Å². The lowest BCUT2D eigenvalue weighted by Gasteiger charge is -2.43. The van der Waals surface area contributed by atoms with E-state index in [1.54, 1.807) is 11.1 Å². The second-order valence-electron chi connectivity index (χ2n) is 5.91. The first-order valence-electron chi connectivity index (χ1n) is 7.72. The van der Waals surface area contributed by atoms with Crippen molar-refractivity contribution < 1.29 is 0 Å². The number of unbranched alkanes of at least 4 members (excludes halogenated alkanes) is 1. The van der Waals surface area contributed by atoms with Crippen LogP contribution in [0.4, 0.5) is 0 Å². The quantitative estimate of drug-likeness (QED) is 0.562. The third-order valence-corrected chi connectivity index (χ3v) is 4.66. The number of allylic oxidation sites excluding steroid dienone is 4. The van der Waals surface area contributed by atoms with Crippen LogP contribution >= 0.6 is 0 Å². The maximum absolute atomic E-state index is 2.58. The molecule has 0 aliphatic heterocycles. The molecule has 1 unspecified atom stereocenters. The Labute approximate surface area is 107 Å². The van der Waals surface area contributed by atoms with Gasteiger partial charge in [0.25, 0.3) is 0 Å². The Hall–Kier alpha value is -0.520. The van der Waals surface area contributed by atoms with Gasteiger partial charge >= 0.3 is 0 Å². The van der Waals surface area contributed by atoms with Gasteiger partial charge in [0, 0.05) is 0 Å². The molecule has 0 saturated heterocycles. The third kappa shape index (κ3) is 2.67. The fraction of sp³-hybridized carbons (Fsp3) is 0.765. The second kappa shape index (κ2) is 5.89. The molecule has 0 heteroatoms. The van der Waals surface area contributed by atoms with Crippen LogP contribution in [0.1, 0.15) is 78.1 Å². The predicted octanol–water partition coefficient (Wildman–Crippen LogP) is 5.79. The molecule has 17 heavy (non-hydrogen) atoms. The molecule has 0 nitrogen and oxygen atoms in total. The second-order valence-corrected chi connectivity index (χ2v) is 5.91. The first-order chi connectivity index (χ1) is 8.32. The molecule has 2 aliphatic rings. The van der Waals surface area contributed by atoms with Gasteiger partial charge in [-0.15, -0.1) is 0 Å². The van der Waals surface area contributed by atoms with E-state index in [2.05, 4.69) is 26.0 Å². The highest BCUT2D eigenvalue weighted by molar-refractivity contribution is 5.41. The Kier molecular flexibility index (Phi) is 4.48. The molecule has 0 amide bonds. The van der Waals surface area contributed by atoms with Crippen molar-refractivity contribution in [1.82, 2.24) is 0 Å². The number of rotatable bonds is 5. The van der Waals surface area contributed by atoms with Crippen LogP contribution in [0.25, 0.3) is 0 Å². The molecule has 2 rings (SSSR count). The van der Waals surface area contributed by atoms with Crippen LogP contribution in [-0.2, 0) is 0 Å². The number of hydrogen-bond donors (Lipinski definition) is 0. The minimum absolute atomic E-state index is 0.565. The van der Waals surface area contributed by atoms with Crippen LogP contribution in [-0.4, -0.2) is 0 Å². The molecule has 2 aliphatic carbocycles. The van der Waals surface area contributed by atoms with Crippen LogP contribution in [0, 0.1) is 5.41 Å². The van der Waals surface area contributed by atoms with Crippen molar-refractivity contribution in [3.05, 3.63) is 23.3 Å². The molecule has 1 saturated carbocycles. The summed E-state index contributed by atoms with van der Waals surface area (Å²) in [5.41, 5.74) is 4.05. The van der Waals surface area contributed by atoms with Gasteiger partial charge < -0.3 is 0 Å². The van der Waals surface area contributed by atoms with E-state index >= 15 is 0 Å². The zero-order chi connectivity index (χ0) is 12.1. The summed E-state index contributed by atoms with van der Waals surface area (Å²) >= 11 is 0. The topological polar surface area (TPSA) is 0 Å². The number of hydrogen-bond acceptors (Lipinski definition) is 0. The largest absolute Gasteiger partial charge is 0.0807 e. The molecule has 0 aromatic heterocycles. The van der Waals surface area contributed by atoms with E-state index in [0.29, 0.717) is 5.41 Å². The van der Waals surface area contributed by atoms with E-state index in [1.165, 1.54) is 64.2 Å². The van der Waals surface area contributed by atoms with Gasteiger partial charge in [-0.3, -0.25) is 0 Å². The van der Waals surface area contributed by atoms with E-state index in [1.807, 2.05) is 0 Å². The first kappa shape index (κ1) is 12.9. The first-order valence-corrected chi connectivity index (χ1v) is 7.72. The molecule has 0 radical (unpaired) electrons. The fourth-order valence-electron chi connectivity index (χ4n) is 3.91. The summed E-state index contributed by atoms with van der Waals surface area (Å²) in [4.78, 5) is 0. The monoisotopic (exact) mass is 232 g/mol. The van der Waals surface area contributed by atoms with Crippen LogP contribution in [0.5, 0.6) is 0 Å². The van der Waals surface area contributed by atoms with Gasteiger partial charge in [-0.2, -0.15) is 0 Å². The number of fused-ring (bicyclic) bond motifs is 1. The van der Waals surface area contributed by atoms with Crippen LogP contribution in [0.3, 0.4) is 0 Å². The predicted molar refractivity (Wildman–Crippen MR) is 76.1 cm³/mol. The SMILES string of the molecule is CCCCC1(CCC)CCCC2=CCCC=C21. The van der Waals surface area contributed by atoms with Gasteiger partial charge in [-0.05, 0) is 61.5 Å². The molecule has 0 spiro atoms. The molecular weight excluding hydrogens is 204 g/mol. The molecule has 96 valence electrons. The van der Waals surface area contributed by atoms with Gasteiger partial charge in [0.05, 0.1) is 0 Å². The maximum atomic E-state index is 2.58. The fourth-order valence-corrected chi connectivity index (χ4v) is 3.91. The zero-order valence-electron chi connectivity index (χ0n) is 11.7. The van der Waals surface area contributed by atoms with Crippen molar-refractivity contribution in [3.8, 4) is 0 Å². The van der Waals surface area contributed by atoms with Crippen molar-refractivity contribution in [2.24, 2.45) is 5.41 Å². The van der Waals surface area contributed by atoms with E-state index in [9.17, 15) is 0 Å². The Balaban J connectivity index is 2.22. The Morgan fingerprint density at radius 3 is 2.65 bits per heavy atom. The average molecular weight is 232 g/mol. The lowest BCUT2D eigenvalue weighted by molar-refractivity contribution is 0.243. The summed E-state index contributed by atoms with van der Waals surface area (Å²) in [6, 6.07) is 0. The van der Waals surface area contributed by atoms with Crippen molar-refractivity contribution in [3.63, 3.8) is 0 Å². The Morgan fingerprint density at radius 1 is 1.06 bits per heavy atom. The van der Waals surface area contributed by atoms with E-state index in [0.717, 1.165) is 0 Å². The molecule has 1 fully saturated rings. The lowest BCUT2D eigenvalue weighted by atomic mass is 9.62. The molecule has 0 N–H and O–H groups in total. The van der Waals surface area contributed by atoms with Crippen molar-refractivity contribution in [2.45, 2.75) is 78.1 Å².